The summed E-state index contributed by atoms with van der Waals surface area (Å²) in [4.78, 5) is 15.5. The number of benzene rings is 1. The Balaban J connectivity index is 1.78. The van der Waals surface area contributed by atoms with Gasteiger partial charge in [-0.1, -0.05) is 18.2 Å². The van der Waals surface area contributed by atoms with E-state index in [0.29, 0.717) is 13.2 Å². The molecular formula is C18H16FN3O3. The maximum absolute atomic E-state index is 14.4. The molecule has 0 aliphatic carbocycles. The monoisotopic (exact) mass is 341 g/mol. The van der Waals surface area contributed by atoms with Crippen LogP contribution in [-0.2, 0) is 24.3 Å². The van der Waals surface area contributed by atoms with Crippen molar-refractivity contribution in [3.05, 3.63) is 64.9 Å². The van der Waals surface area contributed by atoms with Crippen LogP contribution in [0.3, 0.4) is 0 Å². The molecule has 1 aliphatic heterocycles. The quantitative estimate of drug-likeness (QED) is 0.567. The largest absolute Gasteiger partial charge is 0.376 e. The first-order chi connectivity index (χ1) is 12.2. The van der Waals surface area contributed by atoms with Crippen molar-refractivity contribution in [2.45, 2.75) is 19.6 Å². The second-order valence-corrected chi connectivity index (χ2v) is 5.92. The van der Waals surface area contributed by atoms with Gasteiger partial charge in [-0.2, -0.15) is 0 Å². The average Bonchev–Trinajstić information content (AvgIpc) is 2.97. The molecule has 0 unspecified atom stereocenters. The van der Waals surface area contributed by atoms with Crippen molar-refractivity contribution in [1.82, 2.24) is 15.0 Å². The van der Waals surface area contributed by atoms with Crippen LogP contribution in [0.4, 0.5) is 4.39 Å². The number of halogens is 1. The van der Waals surface area contributed by atoms with Crippen molar-refractivity contribution in [2.24, 2.45) is 0 Å². The fourth-order valence-corrected chi connectivity index (χ4v) is 3.32. The summed E-state index contributed by atoms with van der Waals surface area (Å²) in [5.41, 5.74) is 4.96. The van der Waals surface area contributed by atoms with Gasteiger partial charge in [-0.25, -0.2) is 9.87 Å². The van der Waals surface area contributed by atoms with E-state index in [1.54, 1.807) is 0 Å². The zero-order valence-electron chi connectivity index (χ0n) is 13.3. The second kappa shape index (κ2) is 6.27. The molecule has 1 aromatic carbocycles. The van der Waals surface area contributed by atoms with E-state index < -0.39 is 11.7 Å². The van der Waals surface area contributed by atoms with E-state index in [4.69, 9.17) is 9.94 Å². The molecule has 3 aromatic rings. The van der Waals surface area contributed by atoms with Gasteiger partial charge in [-0.05, 0) is 12.1 Å². The number of nitrogens with one attached hydrogen (secondary N) is 1. The molecule has 7 heteroatoms. The van der Waals surface area contributed by atoms with Crippen LogP contribution in [0.25, 0.3) is 10.9 Å². The van der Waals surface area contributed by atoms with Gasteiger partial charge in [0.1, 0.15) is 5.82 Å². The van der Waals surface area contributed by atoms with E-state index in [9.17, 15) is 9.18 Å². The van der Waals surface area contributed by atoms with Gasteiger partial charge in [0, 0.05) is 34.8 Å². The Kier molecular flexibility index (Phi) is 3.95. The van der Waals surface area contributed by atoms with Crippen LogP contribution in [0, 0.1) is 5.82 Å². The lowest BCUT2D eigenvalue weighted by Crippen LogP contribution is -2.20. The average molecular weight is 341 g/mol. The molecule has 128 valence electrons. The van der Waals surface area contributed by atoms with E-state index in [1.165, 1.54) is 11.7 Å². The van der Waals surface area contributed by atoms with Crippen LogP contribution in [0.15, 0.2) is 36.5 Å². The van der Waals surface area contributed by atoms with E-state index in [0.717, 1.165) is 34.6 Å². The Morgan fingerprint density at radius 3 is 3.04 bits per heavy atom. The standard InChI is InChI=1S/C18H16FN3O3/c19-14-7-11(18(23)21-24)8-20-15(14)9-22-16-4-2-1-3-12(16)13-10-25-6-5-17(13)22/h1-4,7-8,24H,5-6,9-10H2,(H,21,23). The highest BCUT2D eigenvalue weighted by Crippen LogP contribution is 2.30. The molecule has 2 aromatic heterocycles. The molecule has 0 saturated carbocycles. The summed E-state index contributed by atoms with van der Waals surface area (Å²) in [6, 6.07) is 9.04. The molecule has 25 heavy (non-hydrogen) atoms. The van der Waals surface area contributed by atoms with E-state index >= 15 is 0 Å². The molecule has 0 fully saturated rings. The molecule has 1 amide bonds. The minimum Gasteiger partial charge on any atom is -0.376 e. The first-order valence-electron chi connectivity index (χ1n) is 7.94. The number of aromatic nitrogens is 2. The van der Waals surface area contributed by atoms with Gasteiger partial charge in [-0.3, -0.25) is 15.0 Å². The van der Waals surface area contributed by atoms with Crippen LogP contribution in [0.2, 0.25) is 0 Å². The van der Waals surface area contributed by atoms with E-state index in [1.807, 2.05) is 24.3 Å². The van der Waals surface area contributed by atoms with Gasteiger partial charge in [0.2, 0.25) is 0 Å². The van der Waals surface area contributed by atoms with Gasteiger partial charge in [0.15, 0.2) is 0 Å². The molecular weight excluding hydrogens is 325 g/mol. The number of pyridine rings is 1. The summed E-state index contributed by atoms with van der Waals surface area (Å²) in [5, 5.41) is 9.75. The van der Waals surface area contributed by atoms with Gasteiger partial charge in [0.05, 0.1) is 31.0 Å². The molecule has 0 saturated heterocycles. The lowest BCUT2D eigenvalue weighted by Gasteiger charge is -2.16. The maximum atomic E-state index is 14.4. The number of rotatable bonds is 3. The van der Waals surface area contributed by atoms with Gasteiger partial charge >= 0.3 is 0 Å². The number of ether oxygens (including phenoxy) is 1. The Morgan fingerprint density at radius 1 is 1.40 bits per heavy atom. The Hall–Kier alpha value is -2.77. The number of para-hydroxylation sites is 1. The third-order valence-electron chi connectivity index (χ3n) is 4.51. The summed E-state index contributed by atoms with van der Waals surface area (Å²) < 4.78 is 22.0. The number of carbonyl (C=O) groups is 1. The van der Waals surface area contributed by atoms with Crippen LogP contribution >= 0.6 is 0 Å². The van der Waals surface area contributed by atoms with Crippen molar-refractivity contribution in [3.63, 3.8) is 0 Å². The first-order valence-corrected chi connectivity index (χ1v) is 7.94. The second-order valence-electron chi connectivity index (χ2n) is 5.92. The summed E-state index contributed by atoms with van der Waals surface area (Å²) in [6.45, 7) is 1.45. The summed E-state index contributed by atoms with van der Waals surface area (Å²) in [7, 11) is 0. The number of hydrogen-bond acceptors (Lipinski definition) is 4. The van der Waals surface area contributed by atoms with Crippen molar-refractivity contribution < 1.29 is 19.1 Å². The van der Waals surface area contributed by atoms with Crippen LogP contribution < -0.4 is 5.48 Å². The number of hydrogen-bond donors (Lipinski definition) is 2. The Morgan fingerprint density at radius 2 is 2.24 bits per heavy atom. The van der Waals surface area contributed by atoms with E-state index in [2.05, 4.69) is 9.55 Å². The number of nitrogens with zero attached hydrogens (tertiary/aromatic N) is 2. The smallest absolute Gasteiger partial charge is 0.276 e. The van der Waals surface area contributed by atoms with Gasteiger partial charge < -0.3 is 9.30 Å². The third kappa shape index (κ3) is 2.67. The molecule has 6 nitrogen and oxygen atoms in total. The van der Waals surface area contributed by atoms with Crippen LogP contribution in [-0.4, -0.2) is 27.3 Å². The zero-order chi connectivity index (χ0) is 17.4. The fourth-order valence-electron chi connectivity index (χ4n) is 3.32. The summed E-state index contributed by atoms with van der Waals surface area (Å²) >= 11 is 0. The van der Waals surface area contributed by atoms with E-state index in [-0.39, 0.29) is 17.8 Å². The highest BCUT2D eigenvalue weighted by Gasteiger charge is 2.21. The number of hydroxylamine groups is 1. The lowest BCUT2D eigenvalue weighted by atomic mass is 10.1. The Bertz CT molecular complexity index is 968. The molecule has 0 radical (unpaired) electrons. The summed E-state index contributed by atoms with van der Waals surface area (Å²) in [5.74, 6) is -1.38. The van der Waals surface area contributed by atoms with Crippen molar-refractivity contribution in [3.8, 4) is 0 Å². The number of fused-ring (bicyclic) bond motifs is 3. The van der Waals surface area contributed by atoms with Gasteiger partial charge in [-0.15, -0.1) is 0 Å². The van der Waals surface area contributed by atoms with Crippen molar-refractivity contribution >= 4 is 16.8 Å². The summed E-state index contributed by atoms with van der Waals surface area (Å²) in [6.07, 6.45) is 2.02. The predicted octanol–water partition coefficient (Wildman–Crippen LogP) is 2.42. The minimum atomic E-state index is -0.793. The first kappa shape index (κ1) is 15.7. The van der Waals surface area contributed by atoms with Crippen molar-refractivity contribution in [2.75, 3.05) is 6.61 Å². The number of amides is 1. The lowest BCUT2D eigenvalue weighted by molar-refractivity contribution is 0.0705. The highest BCUT2D eigenvalue weighted by atomic mass is 19.1. The molecule has 3 heterocycles. The van der Waals surface area contributed by atoms with Crippen LogP contribution in [0.1, 0.15) is 27.3 Å². The molecule has 1 aliphatic rings. The maximum Gasteiger partial charge on any atom is 0.276 e. The van der Waals surface area contributed by atoms with Crippen molar-refractivity contribution in [1.29, 1.82) is 0 Å². The molecule has 0 bridgehead atoms. The predicted molar refractivity (Wildman–Crippen MR) is 87.8 cm³/mol. The Labute approximate surface area is 142 Å². The molecule has 2 N–H and O–H groups in total. The molecule has 0 atom stereocenters. The van der Waals surface area contributed by atoms with Crippen LogP contribution in [0.5, 0.6) is 0 Å². The minimum absolute atomic E-state index is 0.0310. The number of carbonyl (C=O) groups excluding carboxylic acids is 1. The normalized spacial score (nSPS) is 13.7. The molecule has 4 rings (SSSR count). The highest BCUT2D eigenvalue weighted by molar-refractivity contribution is 5.93. The topological polar surface area (TPSA) is 76.4 Å². The third-order valence-corrected chi connectivity index (χ3v) is 4.51. The fraction of sp³-hybridized carbons (Fsp3) is 0.222. The zero-order valence-corrected chi connectivity index (χ0v) is 13.3. The SMILES string of the molecule is O=C(NO)c1cnc(Cn2c3c(c4ccccc42)COCC3)c(F)c1. The molecule has 0 spiro atoms. The van der Waals surface area contributed by atoms with Gasteiger partial charge in [0.25, 0.3) is 5.91 Å².